The van der Waals surface area contributed by atoms with E-state index < -0.39 is 53.8 Å². The summed E-state index contributed by atoms with van der Waals surface area (Å²) in [6, 6.07) is 7.08. The molecule has 5 atom stereocenters. The summed E-state index contributed by atoms with van der Waals surface area (Å²) in [5.74, 6) is -2.40. The summed E-state index contributed by atoms with van der Waals surface area (Å²) < 4.78 is 31.2. The molecule has 1 amide bonds. The molecule has 38 heavy (non-hydrogen) atoms. The Morgan fingerprint density at radius 1 is 1.26 bits per heavy atom. The highest BCUT2D eigenvalue weighted by Gasteiger charge is 2.59. The van der Waals surface area contributed by atoms with Crippen LogP contribution < -0.4 is 16.4 Å². The standard InChI is InChI=1S/C28H35Cl2F2N3O3/c1-27(2,15-6-7-15)13-22-28(33,19-9-8-16(29)12-21(19)31)23(18-4-3-5-20(30)24(18)32)25(35-22)26(38)34-11-10-17(37)14-36/h3-5,8-9,12,15,17,22-23,25,35-37H,6-7,10-11,13-14,33H2,1-2H3,(H,34,38). The second-order valence-electron chi connectivity index (χ2n) is 11.3. The number of nitrogens with two attached hydrogens (primary N) is 1. The van der Waals surface area contributed by atoms with Crippen LogP contribution in [0.5, 0.6) is 0 Å². The zero-order chi connectivity index (χ0) is 27.8. The molecule has 0 radical (unpaired) electrons. The number of nitrogens with one attached hydrogen (secondary N) is 2. The number of hydrogen-bond acceptors (Lipinski definition) is 5. The Labute approximate surface area is 231 Å². The number of hydrogen-bond donors (Lipinski definition) is 5. The molecule has 2 aliphatic rings. The van der Waals surface area contributed by atoms with Crippen molar-refractivity contribution in [3.63, 3.8) is 0 Å². The van der Waals surface area contributed by atoms with E-state index in [1.54, 1.807) is 6.07 Å². The minimum atomic E-state index is -1.54. The molecule has 6 N–H and O–H groups in total. The van der Waals surface area contributed by atoms with Crippen molar-refractivity contribution in [2.24, 2.45) is 17.1 Å². The summed E-state index contributed by atoms with van der Waals surface area (Å²) in [6.07, 6.45) is 1.81. The Morgan fingerprint density at radius 2 is 1.97 bits per heavy atom. The average Bonchev–Trinajstić information content (AvgIpc) is 3.67. The third kappa shape index (κ3) is 5.71. The van der Waals surface area contributed by atoms with Gasteiger partial charge in [0.05, 0.1) is 29.3 Å². The molecule has 1 heterocycles. The van der Waals surface area contributed by atoms with Crippen LogP contribution in [-0.4, -0.2) is 47.5 Å². The van der Waals surface area contributed by atoms with Crippen molar-refractivity contribution >= 4 is 29.1 Å². The number of amides is 1. The number of halogens is 4. The highest BCUT2D eigenvalue weighted by atomic mass is 35.5. The van der Waals surface area contributed by atoms with Gasteiger partial charge in [0.2, 0.25) is 5.91 Å². The van der Waals surface area contributed by atoms with Crippen LogP contribution >= 0.6 is 23.2 Å². The Bertz CT molecular complexity index is 1180. The smallest absolute Gasteiger partial charge is 0.237 e. The van der Waals surface area contributed by atoms with Crippen LogP contribution in [0.2, 0.25) is 10.0 Å². The van der Waals surface area contributed by atoms with Crippen LogP contribution in [0.15, 0.2) is 36.4 Å². The summed E-state index contributed by atoms with van der Waals surface area (Å²) in [7, 11) is 0. The summed E-state index contributed by atoms with van der Waals surface area (Å²) >= 11 is 12.2. The maximum atomic E-state index is 15.6. The van der Waals surface area contributed by atoms with E-state index in [9.17, 15) is 9.90 Å². The predicted octanol–water partition coefficient (Wildman–Crippen LogP) is 4.24. The zero-order valence-corrected chi connectivity index (χ0v) is 23.0. The number of carbonyl (C=O) groups is 1. The van der Waals surface area contributed by atoms with E-state index in [0.29, 0.717) is 12.3 Å². The van der Waals surface area contributed by atoms with E-state index in [1.165, 1.54) is 30.3 Å². The van der Waals surface area contributed by atoms with Crippen molar-refractivity contribution in [3.05, 3.63) is 69.2 Å². The lowest BCUT2D eigenvalue weighted by molar-refractivity contribution is -0.123. The number of benzene rings is 2. The summed E-state index contributed by atoms with van der Waals surface area (Å²) in [4.78, 5) is 13.6. The number of aliphatic hydroxyl groups excluding tert-OH is 2. The predicted molar refractivity (Wildman–Crippen MR) is 144 cm³/mol. The molecule has 0 spiro atoms. The van der Waals surface area contributed by atoms with Crippen molar-refractivity contribution in [1.29, 1.82) is 0 Å². The summed E-state index contributed by atoms with van der Waals surface area (Å²) in [5, 5.41) is 25.0. The third-order valence-corrected chi connectivity index (χ3v) is 8.73. The van der Waals surface area contributed by atoms with Gasteiger partial charge in [-0.3, -0.25) is 4.79 Å². The fraction of sp³-hybridized carbons (Fsp3) is 0.536. The third-order valence-electron chi connectivity index (χ3n) is 8.20. The van der Waals surface area contributed by atoms with Crippen LogP contribution in [0.4, 0.5) is 8.78 Å². The minimum absolute atomic E-state index is 0.0780. The van der Waals surface area contributed by atoms with Gasteiger partial charge >= 0.3 is 0 Å². The molecule has 4 rings (SSSR count). The molecule has 1 aliphatic heterocycles. The first kappa shape index (κ1) is 29.2. The molecule has 0 aromatic heterocycles. The lowest BCUT2D eigenvalue weighted by atomic mass is 9.67. The van der Waals surface area contributed by atoms with Crippen LogP contribution in [0.1, 0.15) is 56.6 Å². The lowest BCUT2D eigenvalue weighted by Gasteiger charge is -2.40. The van der Waals surface area contributed by atoms with Gasteiger partial charge in [0.1, 0.15) is 11.6 Å². The molecule has 208 valence electrons. The van der Waals surface area contributed by atoms with E-state index in [1.807, 2.05) is 0 Å². The fourth-order valence-electron chi connectivity index (χ4n) is 5.91. The van der Waals surface area contributed by atoms with Gasteiger partial charge in [-0.25, -0.2) is 8.78 Å². The van der Waals surface area contributed by atoms with Gasteiger partial charge < -0.3 is 26.6 Å². The highest BCUT2D eigenvalue weighted by Crippen LogP contribution is 2.54. The van der Waals surface area contributed by atoms with Gasteiger partial charge in [-0.15, -0.1) is 0 Å². The minimum Gasteiger partial charge on any atom is -0.394 e. The van der Waals surface area contributed by atoms with Gasteiger partial charge in [0.25, 0.3) is 0 Å². The second kappa shape index (κ2) is 11.4. The summed E-state index contributed by atoms with van der Waals surface area (Å²) in [6.45, 7) is 3.90. The number of carbonyl (C=O) groups excluding carboxylic acids is 1. The van der Waals surface area contributed by atoms with E-state index >= 15 is 8.78 Å². The Balaban J connectivity index is 1.83. The zero-order valence-electron chi connectivity index (χ0n) is 21.5. The molecule has 5 unspecified atom stereocenters. The van der Waals surface area contributed by atoms with Crippen molar-refractivity contribution in [3.8, 4) is 0 Å². The highest BCUT2D eigenvalue weighted by molar-refractivity contribution is 6.31. The monoisotopic (exact) mass is 569 g/mol. The van der Waals surface area contributed by atoms with Crippen molar-refractivity contribution in [1.82, 2.24) is 10.6 Å². The molecule has 2 fully saturated rings. The van der Waals surface area contributed by atoms with Crippen LogP contribution in [0, 0.1) is 23.0 Å². The topological polar surface area (TPSA) is 108 Å². The van der Waals surface area contributed by atoms with E-state index in [0.717, 1.165) is 12.8 Å². The molecule has 6 nitrogen and oxygen atoms in total. The normalized spacial score (nSPS) is 26.4. The molecule has 0 bridgehead atoms. The number of rotatable bonds is 10. The average molecular weight is 571 g/mol. The van der Waals surface area contributed by atoms with E-state index in [2.05, 4.69) is 24.5 Å². The lowest BCUT2D eigenvalue weighted by Crippen LogP contribution is -2.53. The Hall–Kier alpha value is -1.81. The SMILES string of the molecule is CC(C)(CC1NC(C(=O)NCCC(O)CO)C(c2cccc(Cl)c2F)C1(N)c1ccc(Cl)cc1F)C1CC1. The molecule has 2 aromatic rings. The molecule has 10 heteroatoms. The van der Waals surface area contributed by atoms with Gasteiger partial charge in [0, 0.05) is 29.1 Å². The Morgan fingerprint density at radius 3 is 2.61 bits per heavy atom. The number of aliphatic hydroxyl groups is 2. The van der Waals surface area contributed by atoms with Gasteiger partial charge in [-0.05, 0) is 60.8 Å². The molecular formula is C28H35Cl2F2N3O3. The first-order chi connectivity index (χ1) is 17.9. The molecular weight excluding hydrogens is 535 g/mol. The maximum Gasteiger partial charge on any atom is 0.237 e. The van der Waals surface area contributed by atoms with Crippen molar-refractivity contribution < 1.29 is 23.8 Å². The van der Waals surface area contributed by atoms with Gasteiger partial charge in [-0.1, -0.05) is 55.2 Å². The van der Waals surface area contributed by atoms with Gasteiger partial charge in [0.15, 0.2) is 0 Å². The van der Waals surface area contributed by atoms with Crippen molar-refractivity contribution in [2.75, 3.05) is 13.2 Å². The van der Waals surface area contributed by atoms with E-state index in [-0.39, 0.29) is 39.6 Å². The summed E-state index contributed by atoms with van der Waals surface area (Å²) in [5.41, 5.74) is 5.73. The first-order valence-corrected chi connectivity index (χ1v) is 13.7. The Kier molecular flexibility index (Phi) is 8.72. The fourth-order valence-corrected chi connectivity index (χ4v) is 6.25. The van der Waals surface area contributed by atoms with Crippen molar-refractivity contribution in [2.45, 2.75) is 69.2 Å². The van der Waals surface area contributed by atoms with Crippen LogP contribution in [-0.2, 0) is 10.3 Å². The molecule has 1 aliphatic carbocycles. The van der Waals surface area contributed by atoms with E-state index in [4.69, 9.17) is 34.0 Å². The second-order valence-corrected chi connectivity index (χ2v) is 12.1. The van der Waals surface area contributed by atoms with Gasteiger partial charge in [-0.2, -0.15) is 0 Å². The molecule has 2 aromatic carbocycles. The molecule has 1 saturated carbocycles. The first-order valence-electron chi connectivity index (χ1n) is 12.9. The largest absolute Gasteiger partial charge is 0.394 e. The van der Waals surface area contributed by atoms with Crippen LogP contribution in [0.3, 0.4) is 0 Å². The maximum absolute atomic E-state index is 15.6. The quantitative estimate of drug-likeness (QED) is 0.294. The van der Waals surface area contributed by atoms with Crippen LogP contribution in [0.25, 0.3) is 0 Å². The molecule has 1 saturated heterocycles.